The highest BCUT2D eigenvalue weighted by molar-refractivity contribution is 5.69. The molecule has 0 bridgehead atoms. The average molecular weight is 715 g/mol. The van der Waals surface area contributed by atoms with Gasteiger partial charge in [-0.3, -0.25) is 4.79 Å². The Morgan fingerprint density at radius 2 is 0.960 bits per heavy atom. The number of carbonyl (C=O) groups excluding carboxylic acids is 1. The molecule has 0 amide bonds. The second kappa shape index (κ2) is 31.7. The van der Waals surface area contributed by atoms with E-state index < -0.39 is 42.6 Å². The van der Waals surface area contributed by atoms with Gasteiger partial charge in [-0.15, -0.1) is 0 Å². The third kappa shape index (κ3) is 23.7. The molecule has 1 fully saturated rings. The van der Waals surface area contributed by atoms with E-state index in [-0.39, 0.29) is 19.6 Å². The van der Waals surface area contributed by atoms with Crippen LogP contribution in [0.1, 0.15) is 195 Å². The number of aliphatic hydroxyl groups is 4. The monoisotopic (exact) mass is 715 g/mol. The van der Waals surface area contributed by atoms with Crippen molar-refractivity contribution in [1.29, 1.82) is 0 Å². The zero-order chi connectivity index (χ0) is 36.8. The van der Waals surface area contributed by atoms with Crippen LogP contribution in [-0.2, 0) is 19.0 Å². The van der Waals surface area contributed by atoms with Gasteiger partial charge in [0.1, 0.15) is 30.5 Å². The predicted octanol–water partition coefficient (Wildman–Crippen LogP) is 9.21. The van der Waals surface area contributed by atoms with E-state index in [1.54, 1.807) is 0 Å². The van der Waals surface area contributed by atoms with Crippen molar-refractivity contribution in [3.8, 4) is 0 Å². The summed E-state index contributed by atoms with van der Waals surface area (Å²) in [6.45, 7) is 9.78. The summed E-state index contributed by atoms with van der Waals surface area (Å²) >= 11 is 0. The maximum absolute atomic E-state index is 12.5. The summed E-state index contributed by atoms with van der Waals surface area (Å²) in [5.74, 6) is 1.19. The molecule has 298 valence electrons. The van der Waals surface area contributed by atoms with Gasteiger partial charge in [0, 0.05) is 13.0 Å². The van der Waals surface area contributed by atoms with Gasteiger partial charge < -0.3 is 34.6 Å². The van der Waals surface area contributed by atoms with Crippen molar-refractivity contribution in [2.45, 2.75) is 231 Å². The molecule has 0 spiro atoms. The molecule has 0 radical (unpaired) electrons. The van der Waals surface area contributed by atoms with Crippen LogP contribution in [0.5, 0.6) is 0 Å². The van der Waals surface area contributed by atoms with E-state index in [4.69, 9.17) is 14.2 Å². The molecule has 8 atom stereocenters. The zero-order valence-electron chi connectivity index (χ0n) is 33.0. The molecule has 0 saturated heterocycles. The molecule has 8 unspecified atom stereocenters. The third-order valence-electron chi connectivity index (χ3n) is 10.7. The molecule has 4 N–H and O–H groups in total. The van der Waals surface area contributed by atoms with Crippen LogP contribution in [0, 0.1) is 11.8 Å². The van der Waals surface area contributed by atoms with Crippen LogP contribution in [0.2, 0.25) is 0 Å². The van der Waals surface area contributed by atoms with Crippen molar-refractivity contribution in [3.63, 3.8) is 0 Å². The maximum atomic E-state index is 12.5. The first kappa shape index (κ1) is 47.3. The number of unbranched alkanes of at least 4 members (excludes halogenated alkanes) is 17. The Morgan fingerprint density at radius 3 is 1.46 bits per heavy atom. The number of hydrogen-bond acceptors (Lipinski definition) is 8. The van der Waals surface area contributed by atoms with Crippen molar-refractivity contribution < 1.29 is 39.4 Å². The lowest BCUT2D eigenvalue weighted by molar-refractivity contribution is -0.168. The van der Waals surface area contributed by atoms with Crippen LogP contribution in [0.15, 0.2) is 0 Å². The van der Waals surface area contributed by atoms with E-state index in [9.17, 15) is 25.2 Å². The fraction of sp³-hybridized carbons (Fsp3) is 0.976. The lowest BCUT2D eigenvalue weighted by Gasteiger charge is -2.24. The first-order chi connectivity index (χ1) is 24.2. The van der Waals surface area contributed by atoms with E-state index in [0.717, 1.165) is 43.9 Å². The molecule has 1 aliphatic carbocycles. The molecule has 8 nitrogen and oxygen atoms in total. The summed E-state index contributed by atoms with van der Waals surface area (Å²) in [4.78, 5) is 12.5. The SMILES string of the molecule is CCCCCCC(C)CCCCCCCCCOCC(O)COC1C(O)C(O)C(O)C1OC(=O)CCCCCCCCC(C)CCCCCC. The van der Waals surface area contributed by atoms with Crippen molar-refractivity contribution in [2.24, 2.45) is 11.8 Å². The van der Waals surface area contributed by atoms with E-state index in [1.807, 2.05) is 0 Å². The van der Waals surface area contributed by atoms with Gasteiger partial charge in [-0.25, -0.2) is 0 Å². The molecule has 0 aromatic rings. The van der Waals surface area contributed by atoms with Crippen LogP contribution in [0.25, 0.3) is 0 Å². The predicted molar refractivity (Wildman–Crippen MR) is 204 cm³/mol. The highest BCUT2D eigenvalue weighted by Crippen LogP contribution is 2.28. The molecule has 1 saturated carbocycles. The number of hydrogen-bond donors (Lipinski definition) is 4. The van der Waals surface area contributed by atoms with Gasteiger partial charge in [0.2, 0.25) is 0 Å². The highest BCUT2D eigenvalue weighted by Gasteiger charge is 2.52. The minimum absolute atomic E-state index is 0.0904. The summed E-state index contributed by atoms with van der Waals surface area (Å²) in [5, 5.41) is 41.4. The first-order valence-corrected chi connectivity index (χ1v) is 21.3. The van der Waals surface area contributed by atoms with Gasteiger partial charge in [-0.2, -0.15) is 0 Å². The summed E-state index contributed by atoms with van der Waals surface area (Å²) in [6.07, 6.45) is 23.6. The molecule has 0 aromatic carbocycles. The van der Waals surface area contributed by atoms with Crippen LogP contribution in [0.3, 0.4) is 0 Å². The quantitative estimate of drug-likeness (QED) is 0.0378. The van der Waals surface area contributed by atoms with Crippen LogP contribution in [-0.4, -0.2) is 82.8 Å². The Balaban J connectivity index is 2.11. The molecular weight excluding hydrogens is 632 g/mol. The van der Waals surface area contributed by atoms with Gasteiger partial charge in [0.15, 0.2) is 6.10 Å². The fourth-order valence-corrected chi connectivity index (χ4v) is 7.19. The van der Waals surface area contributed by atoms with Gasteiger partial charge in [-0.05, 0) is 24.7 Å². The molecule has 0 aromatic heterocycles. The van der Waals surface area contributed by atoms with Crippen molar-refractivity contribution in [1.82, 2.24) is 0 Å². The summed E-state index contributed by atoms with van der Waals surface area (Å²) in [6, 6.07) is 0. The van der Waals surface area contributed by atoms with Gasteiger partial charge in [-0.1, -0.05) is 175 Å². The van der Waals surface area contributed by atoms with E-state index in [0.29, 0.717) is 13.0 Å². The van der Waals surface area contributed by atoms with Crippen molar-refractivity contribution >= 4 is 5.97 Å². The average Bonchev–Trinajstić information content (AvgIpc) is 3.29. The Bertz CT molecular complexity index is 766. The number of rotatable bonds is 35. The van der Waals surface area contributed by atoms with Crippen LogP contribution >= 0.6 is 0 Å². The molecule has 1 aliphatic rings. The van der Waals surface area contributed by atoms with E-state index in [2.05, 4.69) is 27.7 Å². The van der Waals surface area contributed by atoms with Gasteiger partial charge >= 0.3 is 5.97 Å². The lowest BCUT2D eigenvalue weighted by atomic mass is 9.96. The fourth-order valence-electron chi connectivity index (χ4n) is 7.19. The van der Waals surface area contributed by atoms with Gasteiger partial charge in [0.05, 0.1) is 13.2 Å². The second-order valence-electron chi connectivity index (χ2n) is 15.8. The molecule has 0 heterocycles. The van der Waals surface area contributed by atoms with E-state index >= 15 is 0 Å². The smallest absolute Gasteiger partial charge is 0.306 e. The minimum Gasteiger partial charge on any atom is -0.457 e. The molecule has 50 heavy (non-hydrogen) atoms. The maximum Gasteiger partial charge on any atom is 0.306 e. The third-order valence-corrected chi connectivity index (χ3v) is 10.7. The summed E-state index contributed by atoms with van der Waals surface area (Å²) in [7, 11) is 0. The Labute approximate surface area is 307 Å². The molecule has 8 heteroatoms. The number of esters is 1. The topological polar surface area (TPSA) is 126 Å². The molecule has 0 aliphatic heterocycles. The highest BCUT2D eigenvalue weighted by atomic mass is 16.6. The standard InChI is InChI=1S/C42H82O8/c1-5-7-9-20-26-34(3)28-22-16-12-11-15-19-25-31-48-32-36(43)33-49-41-39(46)38(45)40(47)42(41)50-37(44)30-24-18-14-13-17-23-29-35(4)27-21-10-8-6-2/h34-36,38-43,45-47H,5-33H2,1-4H3. The number of aliphatic hydroxyl groups excluding tert-OH is 4. The van der Waals surface area contributed by atoms with E-state index in [1.165, 1.54) is 122 Å². The normalized spacial score (nSPS) is 22.5. The lowest BCUT2D eigenvalue weighted by Crippen LogP contribution is -2.41. The largest absolute Gasteiger partial charge is 0.457 e. The second-order valence-corrected chi connectivity index (χ2v) is 15.8. The van der Waals surface area contributed by atoms with Crippen LogP contribution in [0.4, 0.5) is 0 Å². The molecular formula is C42H82O8. The Kier molecular flexibility index (Phi) is 30.0. The number of carbonyl (C=O) groups is 1. The number of ether oxygens (including phenoxy) is 3. The Hall–Kier alpha value is -0.770. The van der Waals surface area contributed by atoms with Crippen molar-refractivity contribution in [3.05, 3.63) is 0 Å². The zero-order valence-corrected chi connectivity index (χ0v) is 33.0. The first-order valence-electron chi connectivity index (χ1n) is 21.3. The van der Waals surface area contributed by atoms with Gasteiger partial charge in [0.25, 0.3) is 0 Å². The van der Waals surface area contributed by atoms with Crippen LogP contribution < -0.4 is 0 Å². The summed E-state index contributed by atoms with van der Waals surface area (Å²) < 4.78 is 16.8. The van der Waals surface area contributed by atoms with Crippen molar-refractivity contribution in [2.75, 3.05) is 19.8 Å². The molecule has 1 rings (SSSR count). The Morgan fingerprint density at radius 1 is 0.540 bits per heavy atom. The summed E-state index contributed by atoms with van der Waals surface area (Å²) in [5.41, 5.74) is 0. The minimum atomic E-state index is -1.49.